The summed E-state index contributed by atoms with van der Waals surface area (Å²) in [5, 5.41) is 4.62. The van der Waals surface area contributed by atoms with E-state index in [1.807, 2.05) is 31.2 Å². The number of esters is 1. The maximum atomic E-state index is 12.3. The minimum Gasteiger partial charge on any atom is -0.485 e. The van der Waals surface area contributed by atoms with Crippen LogP contribution in [0.2, 0.25) is 0 Å². The van der Waals surface area contributed by atoms with Gasteiger partial charge >= 0.3 is 5.97 Å². The topological polar surface area (TPSA) is 35.5 Å². The van der Waals surface area contributed by atoms with Crippen molar-refractivity contribution in [3.8, 4) is 5.75 Å². The van der Waals surface area contributed by atoms with Crippen LogP contribution in [0, 0.1) is 5.92 Å². The lowest BCUT2D eigenvalue weighted by atomic mass is 10.1. The van der Waals surface area contributed by atoms with E-state index < -0.39 is 5.60 Å². The van der Waals surface area contributed by atoms with E-state index in [1.165, 1.54) is 0 Å². The highest BCUT2D eigenvalue weighted by molar-refractivity contribution is 8.03. The Morgan fingerprint density at radius 1 is 1.25 bits per heavy atom. The maximum Gasteiger partial charge on any atom is 0.313 e. The third-order valence-electron chi connectivity index (χ3n) is 4.81. The van der Waals surface area contributed by atoms with Gasteiger partial charge in [-0.05, 0) is 30.2 Å². The van der Waals surface area contributed by atoms with E-state index >= 15 is 0 Å². The summed E-state index contributed by atoms with van der Waals surface area (Å²) < 4.78 is 11.8. The lowest BCUT2D eigenvalue weighted by Gasteiger charge is -2.26. The fraction of sp³-hybridized carbons (Fsp3) is 0.350. The van der Waals surface area contributed by atoms with Gasteiger partial charge in [-0.15, -0.1) is 11.8 Å². The molecule has 2 aliphatic rings. The van der Waals surface area contributed by atoms with Crippen molar-refractivity contribution < 1.29 is 14.3 Å². The lowest BCUT2D eigenvalue weighted by molar-refractivity contribution is -0.146. The third-order valence-corrected chi connectivity index (χ3v) is 6.08. The molecule has 24 heavy (non-hydrogen) atoms. The van der Waals surface area contributed by atoms with Crippen LogP contribution in [0.15, 0.2) is 53.9 Å². The van der Waals surface area contributed by atoms with Crippen LogP contribution < -0.4 is 4.74 Å². The molecule has 1 heterocycles. The van der Waals surface area contributed by atoms with Gasteiger partial charge in [0.05, 0.1) is 11.9 Å². The van der Waals surface area contributed by atoms with Gasteiger partial charge in [-0.3, -0.25) is 4.79 Å². The summed E-state index contributed by atoms with van der Waals surface area (Å²) in [4.78, 5) is 12.3. The normalized spacial score (nSPS) is 28.0. The molecule has 1 aliphatic heterocycles. The van der Waals surface area contributed by atoms with E-state index in [1.54, 1.807) is 11.8 Å². The van der Waals surface area contributed by atoms with Gasteiger partial charge in [0.25, 0.3) is 0 Å². The first kappa shape index (κ1) is 15.6. The molecule has 0 radical (unpaired) electrons. The Hall–Kier alpha value is -1.94. The molecule has 1 saturated carbocycles. The van der Waals surface area contributed by atoms with Crippen LogP contribution in [0.3, 0.4) is 0 Å². The number of fused-ring (bicyclic) bond motifs is 1. The zero-order valence-corrected chi connectivity index (χ0v) is 14.4. The average molecular weight is 340 g/mol. The Kier molecular flexibility index (Phi) is 4.01. The van der Waals surface area contributed by atoms with Gasteiger partial charge < -0.3 is 9.47 Å². The molecule has 0 bridgehead atoms. The summed E-state index contributed by atoms with van der Waals surface area (Å²) in [5.74, 6) is 0.548. The minimum atomic E-state index is -0.454. The van der Waals surface area contributed by atoms with Gasteiger partial charge in [0.1, 0.15) is 17.3 Å². The van der Waals surface area contributed by atoms with Crippen LogP contribution in [-0.2, 0) is 9.53 Å². The average Bonchev–Trinajstić information content (AvgIpc) is 3.06. The van der Waals surface area contributed by atoms with E-state index in [4.69, 9.17) is 9.47 Å². The summed E-state index contributed by atoms with van der Waals surface area (Å²) >= 11 is 1.76. The van der Waals surface area contributed by atoms with Crippen molar-refractivity contribution in [1.29, 1.82) is 0 Å². The van der Waals surface area contributed by atoms with Crippen molar-refractivity contribution in [3.05, 3.63) is 53.9 Å². The quantitative estimate of drug-likeness (QED) is 0.748. The van der Waals surface area contributed by atoms with Gasteiger partial charge in [-0.1, -0.05) is 42.5 Å². The molecule has 1 unspecified atom stereocenters. The highest BCUT2D eigenvalue weighted by Crippen LogP contribution is 2.56. The summed E-state index contributed by atoms with van der Waals surface area (Å²) in [6.07, 6.45) is 3.82. The second kappa shape index (κ2) is 6.17. The van der Waals surface area contributed by atoms with E-state index in [-0.39, 0.29) is 17.1 Å². The second-order valence-electron chi connectivity index (χ2n) is 6.28. The highest BCUT2D eigenvalue weighted by atomic mass is 32.2. The van der Waals surface area contributed by atoms with Crippen molar-refractivity contribution in [3.63, 3.8) is 0 Å². The minimum absolute atomic E-state index is 0.134. The van der Waals surface area contributed by atoms with Crippen molar-refractivity contribution in [2.24, 2.45) is 5.92 Å². The second-order valence-corrected chi connectivity index (χ2v) is 7.39. The van der Waals surface area contributed by atoms with Crippen LogP contribution in [-0.4, -0.2) is 23.4 Å². The smallest absolute Gasteiger partial charge is 0.313 e. The molecule has 3 atom stereocenters. The van der Waals surface area contributed by atoms with Gasteiger partial charge in [-0.25, -0.2) is 0 Å². The largest absolute Gasteiger partial charge is 0.485 e. The molecule has 2 aromatic rings. The van der Waals surface area contributed by atoms with Crippen molar-refractivity contribution >= 4 is 28.5 Å². The maximum absolute atomic E-state index is 12.3. The zero-order chi connectivity index (χ0) is 16.6. The van der Waals surface area contributed by atoms with Gasteiger partial charge in [0.2, 0.25) is 0 Å². The van der Waals surface area contributed by atoms with E-state index in [0.29, 0.717) is 6.61 Å². The SMILES string of the molecule is CCOC(=O)[C@H]1C[C@@]1(Oc1cccc2ccccc12)C1CC=CS1. The first-order valence-electron chi connectivity index (χ1n) is 8.38. The number of hydrogen-bond acceptors (Lipinski definition) is 4. The molecule has 2 aromatic carbocycles. The Balaban J connectivity index is 1.66. The van der Waals surface area contributed by atoms with Crippen LogP contribution in [0.5, 0.6) is 5.75 Å². The Labute approximate surface area is 146 Å². The number of carbonyl (C=O) groups excluding carboxylic acids is 1. The summed E-state index contributed by atoms with van der Waals surface area (Å²) in [6, 6.07) is 14.3. The van der Waals surface area contributed by atoms with Crippen molar-refractivity contribution in [2.75, 3.05) is 6.61 Å². The predicted molar refractivity (Wildman–Crippen MR) is 97.2 cm³/mol. The van der Waals surface area contributed by atoms with Gasteiger partial charge in [0.15, 0.2) is 0 Å². The van der Waals surface area contributed by atoms with E-state index in [2.05, 4.69) is 29.7 Å². The summed E-state index contributed by atoms with van der Waals surface area (Å²) in [5.41, 5.74) is -0.454. The van der Waals surface area contributed by atoms with E-state index in [9.17, 15) is 4.79 Å². The molecule has 0 amide bonds. The molecule has 0 spiro atoms. The lowest BCUT2D eigenvalue weighted by Crippen LogP contribution is -2.35. The molecular weight excluding hydrogens is 320 g/mol. The van der Waals surface area contributed by atoms with Crippen molar-refractivity contribution in [1.82, 2.24) is 0 Å². The molecule has 0 saturated heterocycles. The zero-order valence-electron chi connectivity index (χ0n) is 13.6. The number of benzene rings is 2. The molecular formula is C20H20O3S. The molecule has 1 aliphatic carbocycles. The number of thioether (sulfide) groups is 1. The Bertz CT molecular complexity index is 787. The van der Waals surface area contributed by atoms with E-state index in [0.717, 1.165) is 29.4 Å². The molecule has 1 fully saturated rings. The van der Waals surface area contributed by atoms with Crippen LogP contribution in [0.4, 0.5) is 0 Å². The van der Waals surface area contributed by atoms with Crippen LogP contribution in [0.25, 0.3) is 10.8 Å². The first-order valence-corrected chi connectivity index (χ1v) is 9.33. The monoisotopic (exact) mass is 340 g/mol. The standard InChI is InChI=1S/C20H20O3S/c1-2-22-19(21)16-13-20(16,18-11-6-12-24-18)23-17-10-5-8-14-7-3-4-9-15(14)17/h3-10,12,16,18H,2,11,13H2,1H3/t16-,18?,20+/m1/s1. The number of rotatable bonds is 5. The summed E-state index contributed by atoms with van der Waals surface area (Å²) in [7, 11) is 0. The predicted octanol–water partition coefficient (Wildman–Crippen LogP) is 4.56. The van der Waals surface area contributed by atoms with Crippen LogP contribution in [0.1, 0.15) is 19.8 Å². The highest BCUT2D eigenvalue weighted by Gasteiger charge is 2.66. The first-order chi connectivity index (χ1) is 11.7. The molecule has 124 valence electrons. The number of hydrogen-bond donors (Lipinski definition) is 0. The van der Waals surface area contributed by atoms with Gasteiger partial charge in [-0.2, -0.15) is 0 Å². The van der Waals surface area contributed by atoms with Crippen LogP contribution >= 0.6 is 11.8 Å². The Morgan fingerprint density at radius 2 is 2.08 bits per heavy atom. The molecule has 0 N–H and O–H groups in total. The number of allylic oxidation sites excluding steroid dienone is 1. The molecule has 4 heteroatoms. The molecule has 3 nitrogen and oxygen atoms in total. The van der Waals surface area contributed by atoms with Crippen molar-refractivity contribution in [2.45, 2.75) is 30.6 Å². The Morgan fingerprint density at radius 3 is 2.88 bits per heavy atom. The third kappa shape index (κ3) is 2.59. The molecule has 0 aromatic heterocycles. The fourth-order valence-corrected chi connectivity index (χ4v) is 4.68. The fourth-order valence-electron chi connectivity index (χ4n) is 3.51. The number of ether oxygens (including phenoxy) is 2. The molecule has 4 rings (SSSR count). The number of carbonyl (C=O) groups is 1. The van der Waals surface area contributed by atoms with Gasteiger partial charge in [0, 0.05) is 11.8 Å². The summed E-state index contributed by atoms with van der Waals surface area (Å²) in [6.45, 7) is 2.26.